The Kier molecular flexibility index (Phi) is 3.98. The molecule has 4 nitrogen and oxygen atoms in total. The highest BCUT2D eigenvalue weighted by molar-refractivity contribution is 6.08. The first-order chi connectivity index (χ1) is 9.90. The van der Waals surface area contributed by atoms with Gasteiger partial charge >= 0.3 is 5.97 Å². The van der Waals surface area contributed by atoms with Gasteiger partial charge < -0.3 is 10.4 Å². The highest BCUT2D eigenvalue weighted by Gasteiger charge is 2.16. The van der Waals surface area contributed by atoms with Gasteiger partial charge in [0.25, 0.3) is 5.91 Å². The van der Waals surface area contributed by atoms with Crippen molar-refractivity contribution in [3.8, 4) is 0 Å². The first kappa shape index (κ1) is 14.6. The lowest BCUT2D eigenvalue weighted by atomic mass is 10.1. The van der Waals surface area contributed by atoms with Crippen LogP contribution in [0.5, 0.6) is 0 Å². The molecule has 0 aliphatic heterocycles. The molecule has 0 spiro atoms. The molecule has 2 N–H and O–H groups in total. The van der Waals surface area contributed by atoms with Crippen LogP contribution < -0.4 is 5.32 Å². The van der Waals surface area contributed by atoms with Crippen molar-refractivity contribution in [3.63, 3.8) is 0 Å². The Labute approximate surface area is 119 Å². The molecule has 0 aromatic heterocycles. The van der Waals surface area contributed by atoms with Gasteiger partial charge in [0.2, 0.25) is 0 Å². The molecule has 6 heteroatoms. The van der Waals surface area contributed by atoms with E-state index in [1.165, 1.54) is 6.07 Å². The van der Waals surface area contributed by atoms with E-state index >= 15 is 0 Å². The van der Waals surface area contributed by atoms with Gasteiger partial charge in [-0.3, -0.25) is 4.79 Å². The molecule has 2 aromatic rings. The zero-order valence-corrected chi connectivity index (χ0v) is 11.0. The molecule has 2 aromatic carbocycles. The summed E-state index contributed by atoms with van der Waals surface area (Å²) < 4.78 is 25.9. The predicted octanol–water partition coefficient (Wildman–Crippen LogP) is 3.22. The highest BCUT2D eigenvalue weighted by Crippen LogP contribution is 2.20. The Balaban J connectivity index is 2.34. The van der Waals surface area contributed by atoms with Gasteiger partial charge in [0, 0.05) is 5.56 Å². The molecule has 0 fully saturated rings. The van der Waals surface area contributed by atoms with Gasteiger partial charge in [-0.25, -0.2) is 13.6 Å². The number of carbonyl (C=O) groups is 2. The lowest BCUT2D eigenvalue weighted by Gasteiger charge is -2.10. The maximum Gasteiger partial charge on any atom is 0.338 e. The summed E-state index contributed by atoms with van der Waals surface area (Å²) in [5, 5.41) is 11.5. The Morgan fingerprint density at radius 1 is 1.10 bits per heavy atom. The number of amides is 1. The van der Waals surface area contributed by atoms with Crippen LogP contribution in [0.3, 0.4) is 0 Å². The fraction of sp³-hybridized carbons (Fsp3) is 0.0667. The summed E-state index contributed by atoms with van der Waals surface area (Å²) in [5.74, 6) is -4.12. The largest absolute Gasteiger partial charge is 0.478 e. The van der Waals surface area contributed by atoms with Crippen LogP contribution in [0.2, 0.25) is 0 Å². The maximum absolute atomic E-state index is 13.1. The Morgan fingerprint density at radius 3 is 2.43 bits per heavy atom. The summed E-state index contributed by atoms with van der Waals surface area (Å²) in [4.78, 5) is 23.2. The number of hydrogen-bond acceptors (Lipinski definition) is 2. The third-order valence-corrected chi connectivity index (χ3v) is 2.92. The van der Waals surface area contributed by atoms with E-state index in [2.05, 4.69) is 5.32 Å². The van der Waals surface area contributed by atoms with Crippen LogP contribution in [0.4, 0.5) is 14.5 Å². The van der Waals surface area contributed by atoms with Gasteiger partial charge in [0.15, 0.2) is 11.6 Å². The molecule has 0 radical (unpaired) electrons. The van der Waals surface area contributed by atoms with Crippen molar-refractivity contribution in [1.29, 1.82) is 0 Å². The zero-order valence-electron chi connectivity index (χ0n) is 11.0. The molecule has 0 aliphatic rings. The van der Waals surface area contributed by atoms with E-state index in [1.54, 1.807) is 19.1 Å². The monoisotopic (exact) mass is 291 g/mol. The highest BCUT2D eigenvalue weighted by atomic mass is 19.2. The number of halogens is 2. The molecule has 21 heavy (non-hydrogen) atoms. The summed E-state index contributed by atoms with van der Waals surface area (Å²) in [6, 6.07) is 7.30. The molecule has 1 amide bonds. The Morgan fingerprint density at radius 2 is 1.81 bits per heavy atom. The van der Waals surface area contributed by atoms with E-state index in [4.69, 9.17) is 5.11 Å². The second-order valence-electron chi connectivity index (χ2n) is 4.39. The second kappa shape index (κ2) is 5.70. The normalized spacial score (nSPS) is 10.2. The van der Waals surface area contributed by atoms with E-state index in [0.717, 1.165) is 18.2 Å². The van der Waals surface area contributed by atoms with Crippen molar-refractivity contribution in [2.24, 2.45) is 0 Å². The van der Waals surface area contributed by atoms with Gasteiger partial charge in [-0.05, 0) is 36.8 Å². The van der Waals surface area contributed by atoms with Gasteiger partial charge in [-0.2, -0.15) is 0 Å². The smallest absolute Gasteiger partial charge is 0.338 e. The number of anilines is 1. The van der Waals surface area contributed by atoms with Crippen molar-refractivity contribution in [2.45, 2.75) is 6.92 Å². The van der Waals surface area contributed by atoms with Crippen molar-refractivity contribution in [2.75, 3.05) is 5.32 Å². The number of carboxylic acids is 1. The SMILES string of the molecule is Cc1cccc(NC(=O)c2ccc(F)c(F)c2)c1C(=O)O. The van der Waals surface area contributed by atoms with Crippen LogP contribution in [-0.2, 0) is 0 Å². The van der Waals surface area contributed by atoms with Gasteiger partial charge in [-0.15, -0.1) is 0 Å². The number of hydrogen-bond donors (Lipinski definition) is 2. The zero-order chi connectivity index (χ0) is 15.6. The van der Waals surface area contributed by atoms with E-state index in [0.29, 0.717) is 5.56 Å². The molecule has 0 saturated heterocycles. The van der Waals surface area contributed by atoms with Gasteiger partial charge in [0.1, 0.15) is 0 Å². The third-order valence-electron chi connectivity index (χ3n) is 2.92. The minimum atomic E-state index is -1.19. The number of benzene rings is 2. The molecule has 108 valence electrons. The molecular formula is C15H11F2NO3. The fourth-order valence-corrected chi connectivity index (χ4v) is 1.89. The minimum Gasteiger partial charge on any atom is -0.478 e. The lowest BCUT2D eigenvalue weighted by Crippen LogP contribution is -2.16. The van der Waals surface area contributed by atoms with Gasteiger partial charge in [0.05, 0.1) is 11.3 Å². The first-order valence-corrected chi connectivity index (χ1v) is 5.99. The molecule has 2 rings (SSSR count). The van der Waals surface area contributed by atoms with Crippen LogP contribution in [-0.4, -0.2) is 17.0 Å². The summed E-state index contributed by atoms with van der Waals surface area (Å²) in [6.07, 6.45) is 0. The predicted molar refractivity (Wildman–Crippen MR) is 72.4 cm³/mol. The fourth-order valence-electron chi connectivity index (χ4n) is 1.89. The number of rotatable bonds is 3. The number of aryl methyl sites for hydroxylation is 1. The molecule has 0 saturated carbocycles. The first-order valence-electron chi connectivity index (χ1n) is 5.99. The average Bonchev–Trinajstić information content (AvgIpc) is 2.41. The minimum absolute atomic E-state index is 0.0477. The topological polar surface area (TPSA) is 66.4 Å². The Bertz CT molecular complexity index is 729. The third kappa shape index (κ3) is 3.05. The maximum atomic E-state index is 13.1. The van der Waals surface area contributed by atoms with Crippen molar-refractivity contribution in [3.05, 3.63) is 64.7 Å². The summed E-state index contributed by atoms with van der Waals surface area (Å²) >= 11 is 0. The standard InChI is InChI=1S/C15H11F2NO3/c1-8-3-2-4-12(13(8)15(20)21)18-14(19)9-5-6-10(16)11(17)7-9/h2-7H,1H3,(H,18,19)(H,20,21). The molecule has 0 atom stereocenters. The quantitative estimate of drug-likeness (QED) is 0.912. The second-order valence-corrected chi connectivity index (χ2v) is 4.39. The average molecular weight is 291 g/mol. The Hall–Kier alpha value is -2.76. The van der Waals surface area contributed by atoms with E-state index < -0.39 is 23.5 Å². The number of carboxylic acid groups (broad SMARTS) is 1. The summed E-state index contributed by atoms with van der Waals surface area (Å²) in [5.41, 5.74) is 0.419. The molecule has 0 unspecified atom stereocenters. The summed E-state index contributed by atoms with van der Waals surface area (Å²) in [6.45, 7) is 1.59. The van der Waals surface area contributed by atoms with E-state index in [-0.39, 0.29) is 16.8 Å². The van der Waals surface area contributed by atoms with E-state index in [1.807, 2.05) is 0 Å². The lowest BCUT2D eigenvalue weighted by molar-refractivity contribution is 0.0697. The number of nitrogens with one attached hydrogen (secondary N) is 1. The van der Waals surface area contributed by atoms with Crippen LogP contribution in [0.25, 0.3) is 0 Å². The van der Waals surface area contributed by atoms with Gasteiger partial charge in [-0.1, -0.05) is 12.1 Å². The molecule has 0 bridgehead atoms. The van der Waals surface area contributed by atoms with Crippen molar-refractivity contribution >= 4 is 17.6 Å². The van der Waals surface area contributed by atoms with Crippen LogP contribution in [0.15, 0.2) is 36.4 Å². The summed E-state index contributed by atoms with van der Waals surface area (Å²) in [7, 11) is 0. The van der Waals surface area contributed by atoms with Crippen molar-refractivity contribution < 1.29 is 23.5 Å². The molecule has 0 heterocycles. The molecular weight excluding hydrogens is 280 g/mol. The van der Waals surface area contributed by atoms with Crippen LogP contribution >= 0.6 is 0 Å². The molecule has 0 aliphatic carbocycles. The van der Waals surface area contributed by atoms with Crippen LogP contribution in [0, 0.1) is 18.6 Å². The van der Waals surface area contributed by atoms with Crippen LogP contribution in [0.1, 0.15) is 26.3 Å². The van der Waals surface area contributed by atoms with E-state index in [9.17, 15) is 18.4 Å². The van der Waals surface area contributed by atoms with Crippen molar-refractivity contribution in [1.82, 2.24) is 0 Å². The number of carbonyl (C=O) groups excluding carboxylic acids is 1. The number of aromatic carboxylic acids is 1.